The number of halogens is 1. The van der Waals surface area contributed by atoms with Crippen molar-refractivity contribution in [2.45, 2.75) is 13.0 Å². The maximum Gasteiger partial charge on any atom is 0.326 e. The van der Waals surface area contributed by atoms with Gasteiger partial charge in [0.15, 0.2) is 5.43 Å². The third-order valence-corrected chi connectivity index (χ3v) is 3.27. The van der Waals surface area contributed by atoms with Crippen molar-refractivity contribution in [2.75, 3.05) is 7.11 Å². The zero-order valence-electron chi connectivity index (χ0n) is 10.4. The maximum absolute atomic E-state index is 11.8. The third-order valence-electron chi connectivity index (χ3n) is 2.97. The van der Waals surface area contributed by atoms with Gasteiger partial charge >= 0.3 is 5.97 Å². The van der Waals surface area contributed by atoms with E-state index < -0.39 is 12.0 Å². The first-order valence-electron chi connectivity index (χ1n) is 5.57. The highest BCUT2D eigenvalue weighted by Crippen LogP contribution is 2.29. The number of carbonyl (C=O) groups is 1. The summed E-state index contributed by atoms with van der Waals surface area (Å²) in [6.45, 7) is 1.53. The molecule has 0 spiro atoms. The number of carboxylic acids is 1. The molecule has 1 N–H and O–H groups in total. The molecule has 0 saturated carbocycles. The Kier molecular flexibility index (Phi) is 3.48. The Morgan fingerprint density at radius 2 is 2.16 bits per heavy atom. The summed E-state index contributed by atoms with van der Waals surface area (Å²) in [5, 5.41) is 9.78. The molecule has 2 aromatic rings. The van der Waals surface area contributed by atoms with Gasteiger partial charge in [-0.2, -0.15) is 0 Å². The number of nitrogens with zero attached hydrogens (tertiary/aromatic N) is 1. The van der Waals surface area contributed by atoms with Gasteiger partial charge in [-0.05, 0) is 19.1 Å². The van der Waals surface area contributed by atoms with Crippen molar-refractivity contribution >= 4 is 28.5 Å². The molecular formula is C13H12ClNO4. The molecule has 5 nitrogen and oxygen atoms in total. The Balaban J connectivity index is 2.82. The largest absolute Gasteiger partial charge is 0.495 e. The Morgan fingerprint density at radius 1 is 1.47 bits per heavy atom. The van der Waals surface area contributed by atoms with Crippen LogP contribution < -0.4 is 10.2 Å². The minimum atomic E-state index is -0.989. The fraction of sp³-hybridized carbons (Fsp3) is 0.231. The molecule has 1 heterocycles. The average molecular weight is 282 g/mol. The minimum Gasteiger partial charge on any atom is -0.495 e. The quantitative estimate of drug-likeness (QED) is 0.937. The molecule has 0 aliphatic heterocycles. The number of aliphatic carboxylic acids is 1. The molecule has 0 saturated heterocycles. The molecule has 1 atom stereocenters. The smallest absolute Gasteiger partial charge is 0.326 e. The summed E-state index contributed by atoms with van der Waals surface area (Å²) in [6.07, 6.45) is 1.45. The van der Waals surface area contributed by atoms with Gasteiger partial charge in [-0.3, -0.25) is 4.79 Å². The summed E-state index contributed by atoms with van der Waals surface area (Å²) in [6, 6.07) is 3.59. The van der Waals surface area contributed by atoms with Crippen molar-refractivity contribution in [3.63, 3.8) is 0 Å². The molecule has 0 aliphatic rings. The lowest BCUT2D eigenvalue weighted by atomic mass is 10.1. The molecule has 6 heteroatoms. The third kappa shape index (κ3) is 2.29. The van der Waals surface area contributed by atoms with Gasteiger partial charge in [-0.1, -0.05) is 11.6 Å². The first kappa shape index (κ1) is 13.4. The molecule has 2 rings (SSSR count). The van der Waals surface area contributed by atoms with Crippen LogP contribution >= 0.6 is 11.6 Å². The predicted octanol–water partition coefficient (Wildman–Crippen LogP) is 2.31. The molecule has 19 heavy (non-hydrogen) atoms. The normalized spacial score (nSPS) is 12.4. The van der Waals surface area contributed by atoms with Crippen LogP contribution in [0.4, 0.5) is 0 Å². The van der Waals surface area contributed by atoms with Gasteiger partial charge in [0, 0.05) is 17.6 Å². The Labute approximate surface area is 114 Å². The van der Waals surface area contributed by atoms with Crippen LogP contribution in [0.1, 0.15) is 13.0 Å². The highest BCUT2D eigenvalue weighted by molar-refractivity contribution is 6.32. The van der Waals surface area contributed by atoms with Crippen molar-refractivity contribution in [2.24, 2.45) is 0 Å². The van der Waals surface area contributed by atoms with E-state index in [4.69, 9.17) is 21.4 Å². The lowest BCUT2D eigenvalue weighted by Crippen LogP contribution is -2.18. The molecule has 1 aromatic carbocycles. The van der Waals surface area contributed by atoms with E-state index in [1.807, 2.05) is 0 Å². The number of aromatic nitrogens is 1. The standard InChI is InChI=1S/C13H12ClNO4/c1-7(13(17)18)15-4-3-11(16)8-5-12(19-2)9(14)6-10(8)15/h3-7H,1-2H3,(H,17,18). The van der Waals surface area contributed by atoms with Gasteiger partial charge in [0.25, 0.3) is 0 Å². The molecule has 0 aliphatic carbocycles. The minimum absolute atomic E-state index is 0.209. The van der Waals surface area contributed by atoms with Gasteiger partial charge in [-0.25, -0.2) is 4.79 Å². The summed E-state index contributed by atoms with van der Waals surface area (Å²) in [7, 11) is 1.45. The number of hydrogen-bond acceptors (Lipinski definition) is 3. The molecule has 100 valence electrons. The summed E-state index contributed by atoms with van der Waals surface area (Å²) in [5.41, 5.74) is 0.256. The summed E-state index contributed by atoms with van der Waals surface area (Å²) < 4.78 is 6.55. The van der Waals surface area contributed by atoms with Gasteiger partial charge in [0.1, 0.15) is 11.8 Å². The summed E-state index contributed by atoms with van der Waals surface area (Å²) in [5.74, 6) is -0.608. The molecule has 1 unspecified atom stereocenters. The van der Waals surface area contributed by atoms with Crippen LogP contribution in [0.3, 0.4) is 0 Å². The first-order valence-corrected chi connectivity index (χ1v) is 5.94. The van der Waals surface area contributed by atoms with Crippen LogP contribution in [0.15, 0.2) is 29.2 Å². The highest BCUT2D eigenvalue weighted by atomic mass is 35.5. The molecule has 0 bridgehead atoms. The number of rotatable bonds is 3. The van der Waals surface area contributed by atoms with Crippen LogP contribution in [0, 0.1) is 0 Å². The maximum atomic E-state index is 11.8. The van der Waals surface area contributed by atoms with Crippen molar-refractivity contribution in [1.29, 1.82) is 0 Å². The van der Waals surface area contributed by atoms with Crippen molar-refractivity contribution in [3.8, 4) is 5.75 Å². The SMILES string of the molecule is COc1cc2c(=O)ccn(C(C)C(=O)O)c2cc1Cl. The van der Waals surface area contributed by atoms with E-state index in [9.17, 15) is 9.59 Å². The number of pyridine rings is 1. The number of carboxylic acid groups (broad SMARTS) is 1. The van der Waals surface area contributed by atoms with Gasteiger partial charge in [0.05, 0.1) is 17.6 Å². The average Bonchev–Trinajstić information content (AvgIpc) is 2.38. The lowest BCUT2D eigenvalue weighted by Gasteiger charge is -2.15. The second-order valence-corrected chi connectivity index (χ2v) is 4.51. The van der Waals surface area contributed by atoms with Crippen molar-refractivity contribution in [1.82, 2.24) is 4.57 Å². The van der Waals surface area contributed by atoms with Crippen LogP contribution in [0.5, 0.6) is 5.75 Å². The second-order valence-electron chi connectivity index (χ2n) is 4.11. The highest BCUT2D eigenvalue weighted by Gasteiger charge is 2.16. The molecule has 0 amide bonds. The van der Waals surface area contributed by atoms with E-state index in [0.717, 1.165) is 0 Å². The van der Waals surface area contributed by atoms with E-state index in [1.54, 1.807) is 0 Å². The summed E-state index contributed by atoms with van der Waals surface area (Å²) in [4.78, 5) is 22.9. The van der Waals surface area contributed by atoms with E-state index in [0.29, 0.717) is 21.7 Å². The van der Waals surface area contributed by atoms with E-state index in [1.165, 1.54) is 43.0 Å². The van der Waals surface area contributed by atoms with Gasteiger partial charge in [0.2, 0.25) is 0 Å². The van der Waals surface area contributed by atoms with Crippen LogP contribution in [-0.2, 0) is 4.79 Å². The number of methoxy groups -OCH3 is 1. The molecular weight excluding hydrogens is 270 g/mol. The van der Waals surface area contributed by atoms with E-state index in [2.05, 4.69) is 0 Å². The zero-order chi connectivity index (χ0) is 14.2. The Hall–Kier alpha value is -2.01. The van der Waals surface area contributed by atoms with Crippen LogP contribution in [0.2, 0.25) is 5.02 Å². The van der Waals surface area contributed by atoms with Gasteiger partial charge in [-0.15, -0.1) is 0 Å². The molecule has 0 radical (unpaired) electrons. The predicted molar refractivity (Wildman–Crippen MR) is 72.1 cm³/mol. The number of ether oxygens (including phenoxy) is 1. The monoisotopic (exact) mass is 281 g/mol. The second kappa shape index (κ2) is 4.93. The Morgan fingerprint density at radius 3 is 2.74 bits per heavy atom. The fourth-order valence-corrected chi connectivity index (χ4v) is 2.12. The van der Waals surface area contributed by atoms with Crippen LogP contribution in [0.25, 0.3) is 10.9 Å². The zero-order valence-corrected chi connectivity index (χ0v) is 11.1. The first-order chi connectivity index (χ1) is 8.95. The molecule has 0 fully saturated rings. The van der Waals surface area contributed by atoms with Crippen molar-refractivity contribution in [3.05, 3.63) is 39.6 Å². The number of fused-ring (bicyclic) bond motifs is 1. The number of hydrogen-bond donors (Lipinski definition) is 1. The van der Waals surface area contributed by atoms with Crippen molar-refractivity contribution < 1.29 is 14.6 Å². The fourth-order valence-electron chi connectivity index (χ4n) is 1.89. The van der Waals surface area contributed by atoms with Crippen LogP contribution in [-0.4, -0.2) is 22.8 Å². The Bertz CT molecular complexity index is 708. The number of benzene rings is 1. The summed E-state index contributed by atoms with van der Waals surface area (Å²) >= 11 is 6.02. The lowest BCUT2D eigenvalue weighted by molar-refractivity contribution is -0.140. The van der Waals surface area contributed by atoms with E-state index >= 15 is 0 Å². The van der Waals surface area contributed by atoms with Gasteiger partial charge < -0.3 is 14.4 Å². The molecule has 1 aromatic heterocycles. The van der Waals surface area contributed by atoms with E-state index in [-0.39, 0.29) is 5.43 Å². The topological polar surface area (TPSA) is 68.5 Å².